The van der Waals surface area contributed by atoms with Crippen molar-refractivity contribution < 1.29 is 13.2 Å². The van der Waals surface area contributed by atoms with E-state index < -0.39 is 11.7 Å². The molecule has 0 radical (unpaired) electrons. The van der Waals surface area contributed by atoms with Gasteiger partial charge < -0.3 is 11.1 Å². The van der Waals surface area contributed by atoms with Crippen LogP contribution in [0.2, 0.25) is 0 Å². The lowest BCUT2D eigenvalue weighted by Crippen LogP contribution is -2.22. The van der Waals surface area contributed by atoms with Gasteiger partial charge in [0, 0.05) is 18.3 Å². The summed E-state index contributed by atoms with van der Waals surface area (Å²) in [6.45, 7) is 4.27. The average molecular weight is 232 g/mol. The highest BCUT2D eigenvalue weighted by molar-refractivity contribution is 5.50. The molecule has 0 aliphatic rings. The zero-order valence-electron chi connectivity index (χ0n) is 9.23. The zero-order chi connectivity index (χ0) is 12.3. The fourth-order valence-electron chi connectivity index (χ4n) is 1.28. The summed E-state index contributed by atoms with van der Waals surface area (Å²) in [5.41, 5.74) is 4.87. The molecule has 3 N–H and O–H groups in total. The van der Waals surface area contributed by atoms with Crippen LogP contribution < -0.4 is 11.1 Å². The van der Waals surface area contributed by atoms with E-state index in [0.717, 1.165) is 6.07 Å². The lowest BCUT2D eigenvalue weighted by Gasteiger charge is -2.13. The van der Waals surface area contributed by atoms with Gasteiger partial charge in [-0.1, -0.05) is 19.9 Å². The number of nitrogens with one attached hydrogen (secondary N) is 1. The summed E-state index contributed by atoms with van der Waals surface area (Å²) >= 11 is 0. The van der Waals surface area contributed by atoms with Gasteiger partial charge in [-0.3, -0.25) is 0 Å². The van der Waals surface area contributed by atoms with Crippen LogP contribution in [0.25, 0.3) is 0 Å². The minimum atomic E-state index is -4.39. The molecule has 0 aliphatic carbocycles. The number of rotatable bonds is 3. The smallest absolute Gasteiger partial charge is 0.398 e. The lowest BCUT2D eigenvalue weighted by atomic mass is 10.1. The maximum Gasteiger partial charge on any atom is 0.418 e. The maximum atomic E-state index is 12.5. The third-order valence-corrected chi connectivity index (χ3v) is 2.14. The molecule has 90 valence electrons. The highest BCUT2D eigenvalue weighted by Gasteiger charge is 2.32. The Balaban J connectivity index is 2.90. The number of alkyl halides is 3. The largest absolute Gasteiger partial charge is 0.418 e. The second kappa shape index (κ2) is 4.74. The van der Waals surface area contributed by atoms with E-state index in [9.17, 15) is 13.2 Å². The highest BCUT2D eigenvalue weighted by atomic mass is 19.4. The van der Waals surface area contributed by atoms with Gasteiger partial charge in [0.25, 0.3) is 0 Å². The van der Waals surface area contributed by atoms with E-state index in [-0.39, 0.29) is 11.7 Å². The standard InChI is InChI=1S/C11H15F3N2/c1-7(2)16-6-8-3-4-10(15)9(5-8)11(12,13)14/h3-5,7,16H,6,15H2,1-2H3. The highest BCUT2D eigenvalue weighted by Crippen LogP contribution is 2.33. The summed E-state index contributed by atoms with van der Waals surface area (Å²) in [6.07, 6.45) is -4.39. The van der Waals surface area contributed by atoms with Gasteiger partial charge in [-0.05, 0) is 17.7 Å². The third-order valence-electron chi connectivity index (χ3n) is 2.14. The van der Waals surface area contributed by atoms with Gasteiger partial charge in [0.1, 0.15) is 0 Å². The monoisotopic (exact) mass is 232 g/mol. The fraction of sp³-hybridized carbons (Fsp3) is 0.455. The van der Waals surface area contributed by atoms with Crippen LogP contribution in [-0.4, -0.2) is 6.04 Å². The Hall–Kier alpha value is -1.23. The van der Waals surface area contributed by atoms with Crippen LogP contribution in [-0.2, 0) is 12.7 Å². The zero-order valence-corrected chi connectivity index (χ0v) is 9.23. The van der Waals surface area contributed by atoms with Crippen molar-refractivity contribution in [2.75, 3.05) is 5.73 Å². The van der Waals surface area contributed by atoms with Crippen molar-refractivity contribution in [1.82, 2.24) is 5.32 Å². The topological polar surface area (TPSA) is 38.0 Å². The Labute approximate surface area is 92.6 Å². The molecule has 5 heteroatoms. The summed E-state index contributed by atoms with van der Waals surface area (Å²) in [5, 5.41) is 3.05. The van der Waals surface area contributed by atoms with Gasteiger partial charge in [-0.2, -0.15) is 13.2 Å². The van der Waals surface area contributed by atoms with E-state index in [1.807, 2.05) is 13.8 Å². The first-order chi connectivity index (χ1) is 7.30. The molecule has 0 amide bonds. The molecule has 16 heavy (non-hydrogen) atoms. The molecule has 0 bridgehead atoms. The van der Waals surface area contributed by atoms with Gasteiger partial charge in [-0.15, -0.1) is 0 Å². The Kier molecular flexibility index (Phi) is 3.80. The van der Waals surface area contributed by atoms with Gasteiger partial charge in [-0.25, -0.2) is 0 Å². The second-order valence-electron chi connectivity index (χ2n) is 3.95. The summed E-state index contributed by atoms with van der Waals surface area (Å²) in [4.78, 5) is 0. The van der Waals surface area contributed by atoms with Gasteiger partial charge in [0.15, 0.2) is 0 Å². The predicted octanol–water partition coefficient (Wildman–Crippen LogP) is 2.79. The van der Waals surface area contributed by atoms with E-state index in [2.05, 4.69) is 5.32 Å². The maximum absolute atomic E-state index is 12.5. The number of hydrogen-bond donors (Lipinski definition) is 2. The number of nitrogens with two attached hydrogens (primary N) is 1. The molecule has 0 atom stereocenters. The van der Waals surface area contributed by atoms with Crippen LogP contribution in [0.15, 0.2) is 18.2 Å². The van der Waals surface area contributed by atoms with Crippen molar-refractivity contribution in [1.29, 1.82) is 0 Å². The molecule has 0 aliphatic heterocycles. The molecule has 0 saturated heterocycles. The van der Waals surface area contributed by atoms with Gasteiger partial charge in [0.2, 0.25) is 0 Å². The van der Waals surface area contributed by atoms with E-state index in [1.54, 1.807) is 6.07 Å². The summed E-state index contributed by atoms with van der Waals surface area (Å²) in [7, 11) is 0. The fourth-order valence-corrected chi connectivity index (χ4v) is 1.28. The van der Waals surface area contributed by atoms with Gasteiger partial charge in [0.05, 0.1) is 5.56 Å². The first kappa shape index (κ1) is 12.8. The van der Waals surface area contributed by atoms with Crippen LogP contribution >= 0.6 is 0 Å². The molecule has 0 saturated carbocycles. The number of benzene rings is 1. The van der Waals surface area contributed by atoms with Crippen LogP contribution in [0.5, 0.6) is 0 Å². The Bertz CT molecular complexity index is 359. The van der Waals surface area contributed by atoms with Crippen LogP contribution in [0.4, 0.5) is 18.9 Å². The molecule has 1 aromatic rings. The van der Waals surface area contributed by atoms with Crippen LogP contribution in [0, 0.1) is 0 Å². The summed E-state index contributed by atoms with van der Waals surface area (Å²) in [5.74, 6) is 0. The quantitative estimate of drug-likeness (QED) is 0.786. The SMILES string of the molecule is CC(C)NCc1ccc(N)c(C(F)(F)F)c1. The number of hydrogen-bond acceptors (Lipinski definition) is 2. The Morgan fingerprint density at radius 3 is 2.44 bits per heavy atom. The molecular formula is C11H15F3N2. The van der Waals surface area contributed by atoms with Crippen molar-refractivity contribution in [2.24, 2.45) is 0 Å². The predicted molar refractivity (Wildman–Crippen MR) is 57.8 cm³/mol. The summed E-state index contributed by atoms with van der Waals surface area (Å²) < 4.78 is 37.6. The normalized spacial score (nSPS) is 12.1. The van der Waals surface area contributed by atoms with Crippen molar-refractivity contribution in [2.45, 2.75) is 32.6 Å². The Morgan fingerprint density at radius 2 is 1.94 bits per heavy atom. The molecule has 0 spiro atoms. The number of halogens is 3. The molecule has 0 heterocycles. The number of nitrogen functional groups attached to an aromatic ring is 1. The average Bonchev–Trinajstić information content (AvgIpc) is 2.14. The molecule has 1 aromatic carbocycles. The summed E-state index contributed by atoms with van der Waals surface area (Å²) in [6, 6.07) is 4.21. The molecule has 0 aromatic heterocycles. The number of anilines is 1. The van der Waals surface area contributed by atoms with Gasteiger partial charge >= 0.3 is 6.18 Å². The lowest BCUT2D eigenvalue weighted by molar-refractivity contribution is -0.136. The van der Waals surface area contributed by atoms with Crippen molar-refractivity contribution in [3.05, 3.63) is 29.3 Å². The van der Waals surface area contributed by atoms with E-state index in [1.165, 1.54) is 6.07 Å². The first-order valence-corrected chi connectivity index (χ1v) is 4.99. The third kappa shape index (κ3) is 3.41. The molecule has 0 fully saturated rings. The Morgan fingerprint density at radius 1 is 1.31 bits per heavy atom. The van der Waals surface area contributed by atoms with E-state index >= 15 is 0 Å². The molecule has 1 rings (SSSR count). The minimum absolute atomic E-state index is 0.229. The van der Waals surface area contributed by atoms with Crippen molar-refractivity contribution in [3.8, 4) is 0 Å². The van der Waals surface area contributed by atoms with Crippen molar-refractivity contribution >= 4 is 5.69 Å². The first-order valence-electron chi connectivity index (χ1n) is 4.99. The minimum Gasteiger partial charge on any atom is -0.398 e. The molecule has 0 unspecified atom stereocenters. The van der Waals surface area contributed by atoms with Crippen LogP contribution in [0.3, 0.4) is 0 Å². The second-order valence-corrected chi connectivity index (χ2v) is 3.95. The van der Waals surface area contributed by atoms with Crippen molar-refractivity contribution in [3.63, 3.8) is 0 Å². The van der Waals surface area contributed by atoms with E-state index in [4.69, 9.17) is 5.73 Å². The molecular weight excluding hydrogens is 217 g/mol. The van der Waals surface area contributed by atoms with E-state index in [0.29, 0.717) is 12.1 Å². The molecule has 2 nitrogen and oxygen atoms in total. The van der Waals surface area contributed by atoms with Crippen LogP contribution in [0.1, 0.15) is 25.0 Å².